The molecule has 0 radical (unpaired) electrons. The van der Waals surface area contributed by atoms with E-state index in [2.05, 4.69) is 0 Å². The number of carboxylic acid groups (broad SMARTS) is 1. The van der Waals surface area contributed by atoms with Gasteiger partial charge in [0, 0.05) is 5.02 Å². The summed E-state index contributed by atoms with van der Waals surface area (Å²) in [6.45, 7) is 3.30. The SMILES string of the molecule is Cc1cc(Cl)ccc1OC(C)C(=O)O.[H-].[K+]. The predicted molar refractivity (Wildman–Crippen MR) is 55.0 cm³/mol. The van der Waals surface area contributed by atoms with Crippen LogP contribution in [-0.2, 0) is 4.79 Å². The summed E-state index contributed by atoms with van der Waals surface area (Å²) in [5, 5.41) is 9.25. The van der Waals surface area contributed by atoms with Gasteiger partial charge < -0.3 is 11.3 Å². The first kappa shape index (κ1) is 15.4. The van der Waals surface area contributed by atoms with Crippen LogP contribution in [0.2, 0.25) is 5.02 Å². The molecule has 1 aromatic rings. The van der Waals surface area contributed by atoms with Gasteiger partial charge in [0.25, 0.3) is 0 Å². The van der Waals surface area contributed by atoms with Crippen LogP contribution in [0.15, 0.2) is 18.2 Å². The van der Waals surface area contributed by atoms with E-state index in [1.165, 1.54) is 6.92 Å². The van der Waals surface area contributed by atoms with Crippen molar-refractivity contribution in [1.29, 1.82) is 0 Å². The molecule has 1 aromatic carbocycles. The van der Waals surface area contributed by atoms with E-state index in [4.69, 9.17) is 21.4 Å². The van der Waals surface area contributed by atoms with Crippen molar-refractivity contribution in [3.8, 4) is 5.75 Å². The Kier molecular flexibility index (Phi) is 7.07. The summed E-state index contributed by atoms with van der Waals surface area (Å²) in [5.74, 6) is -0.441. The third kappa shape index (κ3) is 4.85. The molecule has 0 fully saturated rings. The number of benzene rings is 1. The third-order valence-corrected chi connectivity index (χ3v) is 2.02. The van der Waals surface area contributed by atoms with Gasteiger partial charge in [0.1, 0.15) is 5.75 Å². The summed E-state index contributed by atoms with van der Waals surface area (Å²) in [5.41, 5.74) is 0.825. The van der Waals surface area contributed by atoms with Crippen LogP contribution < -0.4 is 56.1 Å². The first-order valence-corrected chi connectivity index (χ1v) is 4.54. The maximum Gasteiger partial charge on any atom is 1.00 e. The fourth-order valence-electron chi connectivity index (χ4n) is 0.986. The largest absolute Gasteiger partial charge is 1.00 e. The molecule has 78 valence electrons. The van der Waals surface area contributed by atoms with Crippen LogP contribution in [0.25, 0.3) is 0 Å². The van der Waals surface area contributed by atoms with E-state index in [1.807, 2.05) is 6.92 Å². The van der Waals surface area contributed by atoms with Gasteiger partial charge in [-0.2, -0.15) is 0 Å². The van der Waals surface area contributed by atoms with E-state index in [0.717, 1.165) is 5.56 Å². The van der Waals surface area contributed by atoms with Gasteiger partial charge in [-0.05, 0) is 37.6 Å². The predicted octanol–water partition coefficient (Wildman–Crippen LogP) is -0.383. The second-order valence-electron chi connectivity index (χ2n) is 3.01. The molecular weight excluding hydrogens is 243 g/mol. The van der Waals surface area contributed by atoms with Gasteiger partial charge in [0.15, 0.2) is 6.10 Å². The molecule has 1 unspecified atom stereocenters. The van der Waals surface area contributed by atoms with Crippen molar-refractivity contribution in [2.45, 2.75) is 20.0 Å². The summed E-state index contributed by atoms with van der Waals surface area (Å²) in [6.07, 6.45) is -0.852. The molecule has 3 nitrogen and oxygen atoms in total. The molecule has 0 saturated heterocycles. The Bertz CT molecular complexity index is 360. The Morgan fingerprint density at radius 3 is 2.67 bits per heavy atom. The van der Waals surface area contributed by atoms with Crippen LogP contribution >= 0.6 is 11.6 Å². The van der Waals surface area contributed by atoms with Crippen molar-refractivity contribution in [2.75, 3.05) is 0 Å². The number of aliphatic carboxylic acids is 1. The molecule has 0 spiro atoms. The van der Waals surface area contributed by atoms with Crippen molar-refractivity contribution >= 4 is 17.6 Å². The number of carbonyl (C=O) groups is 1. The minimum absolute atomic E-state index is 0. The molecule has 0 aliphatic rings. The zero-order chi connectivity index (χ0) is 10.7. The van der Waals surface area contributed by atoms with Crippen LogP contribution in [0.4, 0.5) is 0 Å². The number of hydrogen-bond acceptors (Lipinski definition) is 2. The van der Waals surface area contributed by atoms with Gasteiger partial charge in [0.2, 0.25) is 0 Å². The molecule has 0 saturated carbocycles. The summed E-state index contributed by atoms with van der Waals surface area (Å²) in [6, 6.07) is 5.06. The monoisotopic (exact) mass is 254 g/mol. The number of aryl methyl sites for hydroxylation is 1. The maximum absolute atomic E-state index is 10.5. The van der Waals surface area contributed by atoms with E-state index in [0.29, 0.717) is 10.8 Å². The first-order chi connectivity index (χ1) is 6.50. The number of ether oxygens (including phenoxy) is 1. The molecule has 15 heavy (non-hydrogen) atoms. The fraction of sp³-hybridized carbons (Fsp3) is 0.300. The van der Waals surface area contributed by atoms with Gasteiger partial charge >= 0.3 is 57.4 Å². The molecule has 0 bridgehead atoms. The van der Waals surface area contributed by atoms with Gasteiger partial charge in [-0.25, -0.2) is 4.79 Å². The molecule has 1 N–H and O–H groups in total. The Balaban J connectivity index is 0. The number of rotatable bonds is 3. The van der Waals surface area contributed by atoms with Gasteiger partial charge in [-0.3, -0.25) is 0 Å². The topological polar surface area (TPSA) is 46.5 Å². The standard InChI is InChI=1S/C10H11ClO3.K.H/c1-6-5-8(11)3-4-9(6)14-7(2)10(12)13;;/h3-5,7H,1-2H3,(H,12,13);;/q;+1;-1. The molecular formula is C10H12ClKO3. The van der Waals surface area contributed by atoms with E-state index in [-0.39, 0.29) is 52.8 Å². The summed E-state index contributed by atoms with van der Waals surface area (Å²) >= 11 is 5.74. The first-order valence-electron chi connectivity index (χ1n) is 4.16. The normalized spacial score (nSPS) is 11.4. The summed E-state index contributed by atoms with van der Waals surface area (Å²) < 4.78 is 5.20. The number of hydrogen-bond donors (Lipinski definition) is 1. The average molecular weight is 255 g/mol. The van der Waals surface area contributed by atoms with Crippen LogP contribution in [0.1, 0.15) is 13.9 Å². The second kappa shape index (κ2) is 6.88. The Morgan fingerprint density at radius 1 is 1.60 bits per heavy atom. The van der Waals surface area contributed by atoms with Crippen LogP contribution in [0.3, 0.4) is 0 Å². The Morgan fingerprint density at radius 2 is 2.20 bits per heavy atom. The van der Waals surface area contributed by atoms with Crippen molar-refractivity contribution in [2.24, 2.45) is 0 Å². The average Bonchev–Trinajstić information content (AvgIpc) is 2.09. The van der Waals surface area contributed by atoms with Crippen LogP contribution in [0, 0.1) is 6.92 Å². The molecule has 0 aliphatic heterocycles. The van der Waals surface area contributed by atoms with Gasteiger partial charge in [-0.1, -0.05) is 11.6 Å². The molecule has 0 aliphatic carbocycles. The van der Waals surface area contributed by atoms with E-state index < -0.39 is 12.1 Å². The van der Waals surface area contributed by atoms with E-state index in [9.17, 15) is 4.79 Å². The minimum atomic E-state index is -0.987. The fourth-order valence-corrected chi connectivity index (χ4v) is 1.21. The van der Waals surface area contributed by atoms with Crippen LogP contribution in [0.5, 0.6) is 5.75 Å². The second-order valence-corrected chi connectivity index (χ2v) is 3.44. The van der Waals surface area contributed by atoms with Crippen molar-refractivity contribution in [3.63, 3.8) is 0 Å². The Labute approximate surface area is 138 Å². The maximum atomic E-state index is 10.5. The summed E-state index contributed by atoms with van der Waals surface area (Å²) in [4.78, 5) is 10.5. The molecule has 1 rings (SSSR count). The zero-order valence-corrected chi connectivity index (χ0v) is 12.8. The molecule has 0 heterocycles. The number of carboxylic acids is 1. The smallest absolute Gasteiger partial charge is 1.00 e. The number of halogens is 1. The van der Waals surface area contributed by atoms with E-state index >= 15 is 0 Å². The summed E-state index contributed by atoms with van der Waals surface area (Å²) in [7, 11) is 0. The third-order valence-electron chi connectivity index (χ3n) is 1.79. The van der Waals surface area contributed by atoms with E-state index in [1.54, 1.807) is 18.2 Å². The quantitative estimate of drug-likeness (QED) is 0.748. The zero-order valence-electron chi connectivity index (χ0n) is 9.95. The van der Waals surface area contributed by atoms with Crippen molar-refractivity contribution in [3.05, 3.63) is 28.8 Å². The Hall–Kier alpha value is 0.416. The minimum Gasteiger partial charge on any atom is -1.00 e. The molecule has 5 heteroatoms. The molecule has 0 aromatic heterocycles. The molecule has 0 amide bonds. The van der Waals surface area contributed by atoms with Gasteiger partial charge in [-0.15, -0.1) is 0 Å². The van der Waals surface area contributed by atoms with Crippen molar-refractivity contribution in [1.82, 2.24) is 0 Å². The van der Waals surface area contributed by atoms with Gasteiger partial charge in [0.05, 0.1) is 0 Å². The van der Waals surface area contributed by atoms with Crippen molar-refractivity contribution < 1.29 is 67.4 Å². The van der Waals surface area contributed by atoms with Crippen LogP contribution in [-0.4, -0.2) is 17.2 Å². The molecule has 1 atom stereocenters.